The third kappa shape index (κ3) is 4.34. The largest absolute Gasteiger partial charge is 0.481 e. The number of carboxylic acids is 1. The minimum Gasteiger partial charge on any atom is -0.481 e. The van der Waals surface area contributed by atoms with E-state index in [4.69, 9.17) is 9.84 Å². The van der Waals surface area contributed by atoms with Crippen molar-refractivity contribution in [2.45, 2.75) is 32.6 Å². The molecule has 0 heterocycles. The molecule has 2 atom stereocenters. The molecule has 0 aliphatic heterocycles. The predicted octanol–water partition coefficient (Wildman–Crippen LogP) is 1.03. The smallest absolute Gasteiger partial charge is 0.307 e. The first-order valence-electron chi connectivity index (χ1n) is 6.25. The number of hydrogen-bond donors (Lipinski definition) is 2. The van der Waals surface area contributed by atoms with Crippen LogP contribution in [0.2, 0.25) is 0 Å². The molecule has 0 unspecified atom stereocenters. The van der Waals surface area contributed by atoms with Crippen LogP contribution in [0.4, 0.5) is 0 Å². The number of ether oxygens (including phenoxy) is 1. The summed E-state index contributed by atoms with van der Waals surface area (Å²) in [6.07, 6.45) is 2.90. The molecule has 2 N–H and O–H groups in total. The predicted molar refractivity (Wildman–Crippen MR) is 62.6 cm³/mol. The standard InChI is InChI=1S/C12H21NO4/c1-2-17-8-4-7-13-11(14)9-5-3-6-10(9)12(15)16/h9-10H,2-8H2,1H3,(H,13,14)(H,15,16)/t9-,10+/m1/s1. The molecule has 0 aromatic heterocycles. The molecule has 0 spiro atoms. The Morgan fingerprint density at radius 1 is 1.35 bits per heavy atom. The summed E-state index contributed by atoms with van der Waals surface area (Å²) in [5, 5.41) is 11.8. The summed E-state index contributed by atoms with van der Waals surface area (Å²) in [6, 6.07) is 0. The van der Waals surface area contributed by atoms with Gasteiger partial charge in [-0.05, 0) is 26.2 Å². The lowest BCUT2D eigenvalue weighted by Crippen LogP contribution is -2.36. The highest BCUT2D eigenvalue weighted by atomic mass is 16.5. The van der Waals surface area contributed by atoms with Crippen molar-refractivity contribution in [3.63, 3.8) is 0 Å². The Labute approximate surface area is 102 Å². The van der Waals surface area contributed by atoms with E-state index in [0.29, 0.717) is 32.6 Å². The molecular weight excluding hydrogens is 222 g/mol. The lowest BCUT2D eigenvalue weighted by molar-refractivity contribution is -0.146. The third-order valence-electron chi connectivity index (χ3n) is 3.14. The van der Waals surface area contributed by atoms with Crippen molar-refractivity contribution in [1.29, 1.82) is 0 Å². The minimum absolute atomic E-state index is 0.119. The molecule has 1 aliphatic carbocycles. The van der Waals surface area contributed by atoms with Gasteiger partial charge in [0.1, 0.15) is 0 Å². The highest BCUT2D eigenvalue weighted by Gasteiger charge is 2.37. The molecular formula is C12H21NO4. The van der Waals surface area contributed by atoms with Crippen LogP contribution in [-0.4, -0.2) is 36.7 Å². The fourth-order valence-electron chi connectivity index (χ4n) is 2.23. The number of aliphatic carboxylic acids is 1. The van der Waals surface area contributed by atoms with Crippen LogP contribution < -0.4 is 5.32 Å². The zero-order valence-electron chi connectivity index (χ0n) is 10.3. The monoisotopic (exact) mass is 243 g/mol. The van der Waals surface area contributed by atoms with Gasteiger partial charge in [0.25, 0.3) is 0 Å². The Morgan fingerprint density at radius 2 is 2.06 bits per heavy atom. The first-order valence-corrected chi connectivity index (χ1v) is 6.25. The first-order chi connectivity index (χ1) is 8.16. The molecule has 5 nitrogen and oxygen atoms in total. The molecule has 0 aromatic rings. The summed E-state index contributed by atoms with van der Waals surface area (Å²) in [7, 11) is 0. The Hall–Kier alpha value is -1.10. The van der Waals surface area contributed by atoms with E-state index in [0.717, 1.165) is 12.8 Å². The molecule has 17 heavy (non-hydrogen) atoms. The average Bonchev–Trinajstić information content (AvgIpc) is 2.77. The number of hydrogen-bond acceptors (Lipinski definition) is 3. The maximum atomic E-state index is 11.8. The van der Waals surface area contributed by atoms with Crippen LogP contribution in [0, 0.1) is 11.8 Å². The highest BCUT2D eigenvalue weighted by molar-refractivity contribution is 5.85. The van der Waals surface area contributed by atoms with Gasteiger partial charge in [-0.1, -0.05) is 6.42 Å². The van der Waals surface area contributed by atoms with Gasteiger partial charge in [-0.2, -0.15) is 0 Å². The fourth-order valence-corrected chi connectivity index (χ4v) is 2.23. The summed E-state index contributed by atoms with van der Waals surface area (Å²) in [5.41, 5.74) is 0. The van der Waals surface area contributed by atoms with Crippen molar-refractivity contribution in [3.8, 4) is 0 Å². The summed E-state index contributed by atoms with van der Waals surface area (Å²) in [6.45, 7) is 3.79. The molecule has 1 aliphatic rings. The number of nitrogens with one attached hydrogen (secondary N) is 1. The Balaban J connectivity index is 2.25. The van der Waals surface area contributed by atoms with Gasteiger partial charge in [-0.15, -0.1) is 0 Å². The maximum Gasteiger partial charge on any atom is 0.307 e. The second-order valence-electron chi connectivity index (χ2n) is 4.32. The number of rotatable bonds is 7. The van der Waals surface area contributed by atoms with E-state index >= 15 is 0 Å². The van der Waals surface area contributed by atoms with Crippen LogP contribution in [0.25, 0.3) is 0 Å². The molecule has 98 valence electrons. The Morgan fingerprint density at radius 3 is 2.71 bits per heavy atom. The van der Waals surface area contributed by atoms with Gasteiger partial charge in [0.2, 0.25) is 5.91 Å². The summed E-state index contributed by atoms with van der Waals surface area (Å²) in [5.74, 6) is -1.81. The third-order valence-corrected chi connectivity index (χ3v) is 3.14. The molecule has 1 fully saturated rings. The van der Waals surface area contributed by atoms with Crippen molar-refractivity contribution in [3.05, 3.63) is 0 Å². The van der Waals surface area contributed by atoms with Crippen LogP contribution in [0.15, 0.2) is 0 Å². The Bertz CT molecular complexity index is 267. The fraction of sp³-hybridized carbons (Fsp3) is 0.833. The van der Waals surface area contributed by atoms with Gasteiger partial charge >= 0.3 is 5.97 Å². The van der Waals surface area contributed by atoms with Crippen LogP contribution >= 0.6 is 0 Å². The summed E-state index contributed by atoms with van der Waals surface area (Å²) < 4.78 is 5.15. The number of carboxylic acid groups (broad SMARTS) is 1. The molecule has 0 aromatic carbocycles. The molecule has 0 saturated heterocycles. The molecule has 1 saturated carbocycles. The van der Waals surface area contributed by atoms with E-state index in [1.807, 2.05) is 6.92 Å². The lowest BCUT2D eigenvalue weighted by Gasteiger charge is -2.15. The molecule has 5 heteroatoms. The van der Waals surface area contributed by atoms with Crippen molar-refractivity contribution in [1.82, 2.24) is 5.32 Å². The highest BCUT2D eigenvalue weighted by Crippen LogP contribution is 2.31. The number of carbonyl (C=O) groups excluding carboxylic acids is 1. The van der Waals surface area contributed by atoms with Crippen LogP contribution in [-0.2, 0) is 14.3 Å². The van der Waals surface area contributed by atoms with Gasteiger partial charge in [0, 0.05) is 19.8 Å². The maximum absolute atomic E-state index is 11.8. The van der Waals surface area contributed by atoms with E-state index in [-0.39, 0.29) is 11.8 Å². The van der Waals surface area contributed by atoms with Crippen molar-refractivity contribution in [2.24, 2.45) is 11.8 Å². The minimum atomic E-state index is -0.850. The summed E-state index contributed by atoms with van der Waals surface area (Å²) in [4.78, 5) is 22.7. The van der Waals surface area contributed by atoms with Crippen molar-refractivity contribution in [2.75, 3.05) is 19.8 Å². The molecule has 0 bridgehead atoms. The zero-order chi connectivity index (χ0) is 12.7. The van der Waals surface area contributed by atoms with Gasteiger partial charge in [-0.3, -0.25) is 9.59 Å². The number of carbonyl (C=O) groups is 2. The SMILES string of the molecule is CCOCCCNC(=O)[C@@H]1CCC[C@@H]1C(=O)O. The second-order valence-corrected chi connectivity index (χ2v) is 4.32. The van der Waals surface area contributed by atoms with Crippen LogP contribution in [0.1, 0.15) is 32.6 Å². The molecule has 1 rings (SSSR count). The number of amides is 1. The first kappa shape index (κ1) is 14.0. The van der Waals surface area contributed by atoms with E-state index < -0.39 is 11.9 Å². The van der Waals surface area contributed by atoms with Gasteiger partial charge in [0.15, 0.2) is 0 Å². The van der Waals surface area contributed by atoms with Gasteiger partial charge in [-0.25, -0.2) is 0 Å². The molecule has 0 radical (unpaired) electrons. The van der Waals surface area contributed by atoms with Crippen LogP contribution in [0.5, 0.6) is 0 Å². The van der Waals surface area contributed by atoms with Gasteiger partial charge < -0.3 is 15.2 Å². The molecule has 1 amide bonds. The van der Waals surface area contributed by atoms with Crippen LogP contribution in [0.3, 0.4) is 0 Å². The van der Waals surface area contributed by atoms with Crippen molar-refractivity contribution >= 4 is 11.9 Å². The quantitative estimate of drug-likeness (QED) is 0.655. The zero-order valence-corrected chi connectivity index (χ0v) is 10.3. The summed E-state index contributed by atoms with van der Waals surface area (Å²) >= 11 is 0. The Kier molecular flexibility index (Phi) is 5.97. The van der Waals surface area contributed by atoms with Gasteiger partial charge in [0.05, 0.1) is 11.8 Å². The van der Waals surface area contributed by atoms with E-state index in [9.17, 15) is 9.59 Å². The normalized spacial score (nSPS) is 23.6. The van der Waals surface area contributed by atoms with Crippen molar-refractivity contribution < 1.29 is 19.4 Å². The second kappa shape index (κ2) is 7.27. The topological polar surface area (TPSA) is 75.6 Å². The van der Waals surface area contributed by atoms with E-state index in [2.05, 4.69) is 5.32 Å². The van der Waals surface area contributed by atoms with E-state index in [1.165, 1.54) is 0 Å². The lowest BCUT2D eigenvalue weighted by atomic mass is 9.95. The average molecular weight is 243 g/mol. The van der Waals surface area contributed by atoms with E-state index in [1.54, 1.807) is 0 Å².